The van der Waals surface area contributed by atoms with Crippen LogP contribution in [0.3, 0.4) is 0 Å². The van der Waals surface area contributed by atoms with Gasteiger partial charge in [-0.05, 0) is 41.5 Å². The largest absolute Gasteiger partial charge is 0.497 e. The third-order valence-corrected chi connectivity index (χ3v) is 4.69. The standard InChI is InChI=1S/C25H21NO3/c1-28-21-12-14-23-20(16-21)17-22(29-23)13-15-24(27)26-25(18-8-4-2-5-9-18)19-10-6-3-7-11-19/h2-17,25H,1H3,(H,26,27). The van der Waals surface area contributed by atoms with Crippen LogP contribution in [-0.2, 0) is 4.79 Å². The lowest BCUT2D eigenvalue weighted by molar-refractivity contribution is -0.116. The first-order valence-electron chi connectivity index (χ1n) is 9.39. The van der Waals surface area contributed by atoms with Crippen LogP contribution in [0.15, 0.2) is 95.4 Å². The number of nitrogens with one attached hydrogen (secondary N) is 1. The molecule has 0 radical (unpaired) electrons. The van der Waals surface area contributed by atoms with Gasteiger partial charge in [0, 0.05) is 11.5 Å². The first-order chi connectivity index (χ1) is 14.2. The molecule has 0 fully saturated rings. The molecule has 1 amide bonds. The summed E-state index contributed by atoms with van der Waals surface area (Å²) in [7, 11) is 1.63. The van der Waals surface area contributed by atoms with Gasteiger partial charge in [0.1, 0.15) is 17.1 Å². The van der Waals surface area contributed by atoms with Crippen LogP contribution in [0, 0.1) is 0 Å². The summed E-state index contributed by atoms with van der Waals surface area (Å²) in [6.45, 7) is 0. The molecule has 1 aromatic heterocycles. The van der Waals surface area contributed by atoms with Gasteiger partial charge in [-0.2, -0.15) is 0 Å². The number of methoxy groups -OCH3 is 1. The fraction of sp³-hybridized carbons (Fsp3) is 0.0800. The van der Waals surface area contributed by atoms with Crippen molar-refractivity contribution in [3.63, 3.8) is 0 Å². The van der Waals surface area contributed by atoms with Crippen LogP contribution in [0.2, 0.25) is 0 Å². The summed E-state index contributed by atoms with van der Waals surface area (Å²) in [5, 5.41) is 4.01. The van der Waals surface area contributed by atoms with E-state index in [4.69, 9.17) is 9.15 Å². The number of furan rings is 1. The van der Waals surface area contributed by atoms with Crippen LogP contribution in [0.25, 0.3) is 17.0 Å². The monoisotopic (exact) mass is 383 g/mol. The molecule has 0 aliphatic heterocycles. The lowest BCUT2D eigenvalue weighted by Gasteiger charge is -2.19. The van der Waals surface area contributed by atoms with Crippen molar-refractivity contribution in [2.24, 2.45) is 0 Å². The maximum Gasteiger partial charge on any atom is 0.244 e. The molecule has 1 heterocycles. The van der Waals surface area contributed by atoms with E-state index in [2.05, 4.69) is 5.32 Å². The average Bonchev–Trinajstić information content (AvgIpc) is 3.19. The molecular weight excluding hydrogens is 362 g/mol. The minimum atomic E-state index is -0.227. The van der Waals surface area contributed by atoms with E-state index in [-0.39, 0.29) is 11.9 Å². The van der Waals surface area contributed by atoms with Crippen LogP contribution in [-0.4, -0.2) is 13.0 Å². The molecule has 3 aromatic carbocycles. The molecule has 144 valence electrons. The molecule has 0 bridgehead atoms. The van der Waals surface area contributed by atoms with E-state index in [0.29, 0.717) is 5.76 Å². The van der Waals surface area contributed by atoms with E-state index in [1.807, 2.05) is 84.9 Å². The second-order valence-corrected chi connectivity index (χ2v) is 6.65. The number of hydrogen-bond donors (Lipinski definition) is 1. The number of carbonyl (C=O) groups excluding carboxylic acids is 1. The molecule has 0 atom stereocenters. The Morgan fingerprint density at radius 3 is 2.21 bits per heavy atom. The summed E-state index contributed by atoms with van der Waals surface area (Å²) < 4.78 is 11.0. The SMILES string of the molecule is COc1ccc2oc(C=CC(=O)NC(c3ccccc3)c3ccccc3)cc2c1. The van der Waals surface area contributed by atoms with E-state index >= 15 is 0 Å². The summed E-state index contributed by atoms with van der Waals surface area (Å²) in [6, 6.07) is 27.1. The van der Waals surface area contributed by atoms with Crippen molar-refractivity contribution >= 4 is 23.0 Å². The molecule has 0 spiro atoms. The van der Waals surface area contributed by atoms with Crippen molar-refractivity contribution in [1.82, 2.24) is 5.32 Å². The molecule has 4 rings (SSSR count). The number of rotatable bonds is 6. The summed E-state index contributed by atoms with van der Waals surface area (Å²) in [5.74, 6) is 1.18. The van der Waals surface area contributed by atoms with Crippen LogP contribution in [0.4, 0.5) is 0 Å². The normalized spacial score (nSPS) is 11.2. The van der Waals surface area contributed by atoms with Gasteiger partial charge in [0.25, 0.3) is 0 Å². The first-order valence-corrected chi connectivity index (χ1v) is 9.39. The van der Waals surface area contributed by atoms with Gasteiger partial charge in [-0.15, -0.1) is 0 Å². The van der Waals surface area contributed by atoms with Gasteiger partial charge in [0.15, 0.2) is 0 Å². The maximum atomic E-state index is 12.6. The van der Waals surface area contributed by atoms with Gasteiger partial charge in [-0.25, -0.2) is 0 Å². The number of benzene rings is 3. The third kappa shape index (κ3) is 4.38. The Morgan fingerprint density at radius 1 is 0.931 bits per heavy atom. The van der Waals surface area contributed by atoms with Crippen molar-refractivity contribution in [2.75, 3.05) is 7.11 Å². The van der Waals surface area contributed by atoms with Crippen LogP contribution < -0.4 is 10.1 Å². The minimum absolute atomic E-state index is 0.194. The minimum Gasteiger partial charge on any atom is -0.497 e. The topological polar surface area (TPSA) is 51.5 Å². The Morgan fingerprint density at radius 2 is 1.59 bits per heavy atom. The number of hydrogen-bond acceptors (Lipinski definition) is 3. The number of ether oxygens (including phenoxy) is 1. The lowest BCUT2D eigenvalue weighted by atomic mass is 9.99. The van der Waals surface area contributed by atoms with E-state index in [0.717, 1.165) is 27.8 Å². The Hall–Kier alpha value is -3.79. The fourth-order valence-corrected chi connectivity index (χ4v) is 3.25. The van der Waals surface area contributed by atoms with Crippen molar-refractivity contribution in [1.29, 1.82) is 0 Å². The number of amides is 1. The van der Waals surface area contributed by atoms with Crippen molar-refractivity contribution in [3.8, 4) is 5.75 Å². The average molecular weight is 383 g/mol. The molecule has 0 aliphatic carbocycles. The van der Waals surface area contributed by atoms with E-state index in [1.54, 1.807) is 13.2 Å². The van der Waals surface area contributed by atoms with Gasteiger partial charge in [-0.3, -0.25) is 4.79 Å². The highest BCUT2D eigenvalue weighted by atomic mass is 16.5. The zero-order valence-electron chi connectivity index (χ0n) is 16.0. The van der Waals surface area contributed by atoms with Crippen LogP contribution >= 0.6 is 0 Å². The molecule has 0 aliphatic rings. The van der Waals surface area contributed by atoms with E-state index in [1.165, 1.54) is 6.08 Å². The highest BCUT2D eigenvalue weighted by molar-refractivity contribution is 5.92. The van der Waals surface area contributed by atoms with Gasteiger partial charge < -0.3 is 14.5 Å². The summed E-state index contributed by atoms with van der Waals surface area (Å²) in [4.78, 5) is 12.6. The van der Waals surface area contributed by atoms with Crippen molar-refractivity contribution in [3.05, 3.63) is 108 Å². The second kappa shape index (κ2) is 8.48. The van der Waals surface area contributed by atoms with Crippen LogP contribution in [0.5, 0.6) is 5.75 Å². The highest BCUT2D eigenvalue weighted by Crippen LogP contribution is 2.25. The van der Waals surface area contributed by atoms with Gasteiger partial charge in [0.2, 0.25) is 5.91 Å². The van der Waals surface area contributed by atoms with Crippen molar-refractivity contribution in [2.45, 2.75) is 6.04 Å². The quantitative estimate of drug-likeness (QED) is 0.456. The zero-order valence-corrected chi connectivity index (χ0v) is 16.0. The molecule has 4 heteroatoms. The van der Waals surface area contributed by atoms with E-state index in [9.17, 15) is 4.79 Å². The lowest BCUT2D eigenvalue weighted by Crippen LogP contribution is -2.27. The van der Waals surface area contributed by atoms with Crippen LogP contribution in [0.1, 0.15) is 22.9 Å². The molecule has 4 nitrogen and oxygen atoms in total. The third-order valence-electron chi connectivity index (χ3n) is 4.69. The smallest absolute Gasteiger partial charge is 0.244 e. The predicted octanol–water partition coefficient (Wildman–Crippen LogP) is 5.36. The van der Waals surface area contributed by atoms with Gasteiger partial charge in [-0.1, -0.05) is 60.7 Å². The van der Waals surface area contributed by atoms with Gasteiger partial charge in [0.05, 0.1) is 13.2 Å². The molecule has 4 aromatic rings. The Bertz CT molecular complexity index is 1090. The maximum absolute atomic E-state index is 12.6. The summed E-state index contributed by atoms with van der Waals surface area (Å²) in [6.07, 6.45) is 3.17. The van der Waals surface area contributed by atoms with Gasteiger partial charge >= 0.3 is 0 Å². The molecule has 0 saturated carbocycles. The fourth-order valence-electron chi connectivity index (χ4n) is 3.25. The highest BCUT2D eigenvalue weighted by Gasteiger charge is 2.15. The van der Waals surface area contributed by atoms with Crippen molar-refractivity contribution < 1.29 is 13.9 Å². The molecular formula is C25H21NO3. The Balaban J connectivity index is 1.53. The number of fused-ring (bicyclic) bond motifs is 1. The molecule has 29 heavy (non-hydrogen) atoms. The Labute approximate surface area is 169 Å². The molecule has 0 saturated heterocycles. The Kier molecular flexibility index (Phi) is 5.43. The molecule has 0 unspecified atom stereocenters. The molecule has 1 N–H and O–H groups in total. The zero-order chi connectivity index (χ0) is 20.1. The predicted molar refractivity (Wildman–Crippen MR) is 115 cm³/mol. The number of carbonyl (C=O) groups is 1. The first kappa shape index (κ1) is 18.6. The summed E-state index contributed by atoms with van der Waals surface area (Å²) in [5.41, 5.74) is 2.80. The summed E-state index contributed by atoms with van der Waals surface area (Å²) >= 11 is 0. The van der Waals surface area contributed by atoms with E-state index < -0.39 is 0 Å². The second-order valence-electron chi connectivity index (χ2n) is 6.65.